The first-order valence-corrected chi connectivity index (χ1v) is 14.5. The highest BCUT2D eigenvalue weighted by Crippen LogP contribution is 2.43. The van der Waals surface area contributed by atoms with Crippen LogP contribution in [0.2, 0.25) is 5.54 Å². The van der Waals surface area contributed by atoms with Gasteiger partial charge in [0.25, 0.3) is 0 Å². The van der Waals surface area contributed by atoms with Gasteiger partial charge in [0.2, 0.25) is 10.7 Å². The second-order valence-electron chi connectivity index (χ2n) is 5.00. The second kappa shape index (κ2) is 8.07. The Bertz CT molecular complexity index is 817. The van der Waals surface area contributed by atoms with Crippen molar-refractivity contribution < 1.29 is 17.3 Å². The van der Waals surface area contributed by atoms with Gasteiger partial charge >= 0.3 is 8.80 Å². The van der Waals surface area contributed by atoms with Crippen molar-refractivity contribution >= 4 is 83.4 Å². The number of rotatable bonds is 6. The zero-order valence-corrected chi connectivity index (χ0v) is 19.7. The Morgan fingerprint density at radius 2 is 1.92 bits per heavy atom. The van der Waals surface area contributed by atoms with Crippen LogP contribution in [-0.4, -0.2) is 39.2 Å². The fraction of sp³-hybridized carbons (Fsp3) is 0.462. The zero-order valence-electron chi connectivity index (χ0n) is 13.7. The third kappa shape index (κ3) is 3.06. The van der Waals surface area contributed by atoms with Crippen LogP contribution in [0.1, 0.15) is 13.3 Å². The number of hydrogen-bond acceptors (Lipinski definition) is 7. The molecule has 0 amide bonds. The fourth-order valence-electron chi connectivity index (χ4n) is 2.92. The molecule has 134 valence electrons. The molecule has 24 heavy (non-hydrogen) atoms. The van der Waals surface area contributed by atoms with Gasteiger partial charge < -0.3 is 26.1 Å². The third-order valence-corrected chi connectivity index (χ3v) is 16.4. The lowest BCUT2D eigenvalue weighted by molar-refractivity contribution is -0.239. The molecule has 0 aromatic heterocycles. The smallest absolute Gasteiger partial charge is 0.426 e. The summed E-state index contributed by atoms with van der Waals surface area (Å²) >= 11 is 21.7. The summed E-state index contributed by atoms with van der Waals surface area (Å²) in [6, 6.07) is 5.83. The van der Waals surface area contributed by atoms with Gasteiger partial charge in [0.1, 0.15) is 5.54 Å². The summed E-state index contributed by atoms with van der Waals surface area (Å²) in [6.45, 7) is 2.05. The largest absolute Gasteiger partial charge is 0.514 e. The molecule has 1 aromatic carbocycles. The molecule has 0 bridgehead atoms. The van der Waals surface area contributed by atoms with Crippen LogP contribution >= 0.6 is 12.6 Å². The second-order valence-corrected chi connectivity index (χ2v) is 16.2. The van der Waals surface area contributed by atoms with Crippen molar-refractivity contribution in [2.24, 2.45) is 0 Å². The highest BCUT2D eigenvalue weighted by atomic mass is 33.2. The van der Waals surface area contributed by atoms with Crippen LogP contribution in [0.4, 0.5) is 5.69 Å². The molecule has 2 unspecified atom stereocenters. The maximum Gasteiger partial charge on any atom is 0.514 e. The van der Waals surface area contributed by atoms with Crippen LogP contribution in [0.15, 0.2) is 28.0 Å². The summed E-state index contributed by atoms with van der Waals surface area (Å²) in [5.41, 5.74) is 0.677. The number of hydrogen-bond donors (Lipinski definition) is 1. The molecule has 1 aliphatic rings. The lowest BCUT2D eigenvalue weighted by Crippen LogP contribution is -2.51. The van der Waals surface area contributed by atoms with Crippen LogP contribution < -0.4 is 0 Å². The summed E-state index contributed by atoms with van der Waals surface area (Å²) in [5, 5.41) is 0.878. The Hall–Kier alpha value is 0.567. The summed E-state index contributed by atoms with van der Waals surface area (Å²) in [7, 11) is 1.12. The minimum absolute atomic E-state index is 0.168. The number of benzene rings is 1. The third-order valence-electron chi connectivity index (χ3n) is 4.03. The van der Waals surface area contributed by atoms with E-state index in [0.29, 0.717) is 0 Å². The first-order valence-electron chi connectivity index (χ1n) is 7.04. The van der Waals surface area contributed by atoms with Crippen molar-refractivity contribution in [3.63, 3.8) is 0 Å². The van der Waals surface area contributed by atoms with Crippen molar-refractivity contribution in [2.75, 3.05) is 21.3 Å². The molecule has 0 saturated carbocycles. The first kappa shape index (κ1) is 20.9. The molecule has 1 aliphatic heterocycles. The molecule has 11 heteroatoms. The van der Waals surface area contributed by atoms with Gasteiger partial charge in [-0.3, -0.25) is 3.98 Å². The van der Waals surface area contributed by atoms with Gasteiger partial charge in [-0.05, 0) is 49.8 Å². The molecule has 0 radical (unpaired) electrons. The predicted molar refractivity (Wildman–Crippen MR) is 115 cm³/mol. The molecule has 0 spiro atoms. The van der Waals surface area contributed by atoms with Gasteiger partial charge in [0, 0.05) is 28.5 Å². The first-order chi connectivity index (χ1) is 11.4. The van der Waals surface area contributed by atoms with Gasteiger partial charge in [-0.1, -0.05) is 13.0 Å². The predicted octanol–water partition coefficient (Wildman–Crippen LogP) is 2.59. The van der Waals surface area contributed by atoms with E-state index in [9.17, 15) is 0 Å². The maximum absolute atomic E-state index is 6.05. The number of fused-ring (bicyclic) bond motifs is 1. The minimum atomic E-state index is -2.99. The highest BCUT2D eigenvalue weighted by molar-refractivity contribution is 8.72. The Kier molecular flexibility index (Phi) is 7.02. The maximum atomic E-state index is 6.05. The van der Waals surface area contributed by atoms with Gasteiger partial charge in [-0.25, -0.2) is 0 Å². The molecule has 4 nitrogen and oxygen atoms in total. The molecule has 2 rings (SSSR count). The van der Waals surface area contributed by atoms with E-state index >= 15 is 0 Å². The summed E-state index contributed by atoms with van der Waals surface area (Å²) < 4.78 is 18.9. The SMILES string of the molecule is CCC(C1=[N+]([S-])c2c(S)cccc2S1(=S)=S=S)[Si](OC)(OC)OC. The van der Waals surface area contributed by atoms with Gasteiger partial charge in [-0.15, -0.1) is 12.6 Å². The molecular weight excluding hydrogens is 439 g/mol. The standard InChI is InChI=1S/C13H19NO3S6Si/c1-5-11(24(15-2,16-3)17-4)13-14(19)12-9(18)7-6-8-10(12)23(13,21)22-20/h6-8,11,18H,5H2,1-4H3. The van der Waals surface area contributed by atoms with E-state index in [1.165, 1.54) is 8.88 Å². The number of nitrogens with zero attached hydrogens (tertiary/aromatic N) is 1. The van der Waals surface area contributed by atoms with Crippen molar-refractivity contribution in [3.8, 4) is 0 Å². The highest BCUT2D eigenvalue weighted by Gasteiger charge is 2.55. The molecule has 0 aliphatic carbocycles. The van der Waals surface area contributed by atoms with E-state index in [-0.39, 0.29) is 5.54 Å². The van der Waals surface area contributed by atoms with Gasteiger partial charge in [-0.2, -0.15) is 0 Å². The van der Waals surface area contributed by atoms with E-state index < -0.39 is 16.0 Å². The molecule has 1 heterocycles. The summed E-state index contributed by atoms with van der Waals surface area (Å²) in [4.78, 5) is 1.76. The van der Waals surface area contributed by atoms with E-state index in [4.69, 9.17) is 48.5 Å². The fourth-order valence-corrected chi connectivity index (χ4v) is 13.8. The van der Waals surface area contributed by atoms with Crippen LogP contribution in [0.5, 0.6) is 0 Å². The minimum Gasteiger partial charge on any atom is -0.426 e. The molecular formula is C13H19NO3S6Si. The Morgan fingerprint density at radius 3 is 2.38 bits per heavy atom. The van der Waals surface area contributed by atoms with Gasteiger partial charge in [0.05, 0.1) is 9.79 Å². The van der Waals surface area contributed by atoms with Crippen molar-refractivity contribution in [1.29, 1.82) is 0 Å². The zero-order chi connectivity index (χ0) is 18.1. The van der Waals surface area contributed by atoms with Crippen molar-refractivity contribution in [3.05, 3.63) is 18.2 Å². The number of para-hydroxylation sites is 1. The van der Waals surface area contributed by atoms with E-state index in [1.807, 2.05) is 25.1 Å². The molecule has 2 atom stereocenters. The molecule has 0 N–H and O–H groups in total. The summed E-state index contributed by atoms with van der Waals surface area (Å²) in [6.07, 6.45) is 0.724. The van der Waals surface area contributed by atoms with Crippen molar-refractivity contribution in [1.82, 2.24) is 0 Å². The van der Waals surface area contributed by atoms with E-state index in [0.717, 1.165) is 26.9 Å². The van der Waals surface area contributed by atoms with Crippen LogP contribution in [0, 0.1) is 0 Å². The molecule has 0 fully saturated rings. The van der Waals surface area contributed by atoms with E-state index in [2.05, 4.69) is 12.6 Å². The van der Waals surface area contributed by atoms with E-state index in [1.54, 1.807) is 25.3 Å². The lowest BCUT2D eigenvalue weighted by atomic mass is 10.3. The van der Waals surface area contributed by atoms with Crippen LogP contribution in [-0.2, 0) is 64.5 Å². The Labute approximate surface area is 167 Å². The van der Waals surface area contributed by atoms with Crippen LogP contribution in [0.3, 0.4) is 0 Å². The van der Waals surface area contributed by atoms with Crippen LogP contribution in [0.25, 0.3) is 0 Å². The lowest BCUT2D eigenvalue weighted by Gasteiger charge is -2.31. The average Bonchev–Trinajstić information content (AvgIpc) is 2.83. The topological polar surface area (TPSA) is 30.7 Å². The molecule has 1 aromatic rings. The Morgan fingerprint density at radius 1 is 1.33 bits per heavy atom. The van der Waals surface area contributed by atoms with Gasteiger partial charge in [0.15, 0.2) is 0 Å². The summed E-state index contributed by atoms with van der Waals surface area (Å²) in [5.74, 6) is 0. The number of thiol groups is 1. The normalized spacial score (nSPS) is 21.7. The Balaban J connectivity index is 2.85. The average molecular weight is 458 g/mol. The molecule has 0 saturated heterocycles. The quantitative estimate of drug-likeness (QED) is 0.306. The van der Waals surface area contributed by atoms with Crippen molar-refractivity contribution in [2.45, 2.75) is 28.7 Å². The monoisotopic (exact) mass is 457 g/mol.